The number of fused-ring (bicyclic) bond motifs is 10. The van der Waals surface area contributed by atoms with Crippen molar-refractivity contribution in [3.63, 3.8) is 0 Å². The quantitative estimate of drug-likeness (QED) is 0.157. The van der Waals surface area contributed by atoms with Crippen LogP contribution in [0.4, 0.5) is 0 Å². The van der Waals surface area contributed by atoms with Crippen LogP contribution in [0.1, 0.15) is 0 Å². The standard InChI is InChI=1S/C46H26/c1-2-6-28-10-32-14-36-18-40-22-44-26-46-24-42-20-38-16-34-12-30-8-4-3-7-29(30)11-33(34)15-37(38)19-41(42)23-45(46)25-43(44)21-39(40)17-35(36)13-31(32)9-27(28)5-1/h1-26H. The molecule has 0 aliphatic heterocycles. The van der Waals surface area contributed by atoms with Crippen LogP contribution in [0.2, 0.25) is 0 Å². The Morgan fingerprint density at radius 1 is 0.130 bits per heavy atom. The molecule has 0 nitrogen and oxygen atoms in total. The summed E-state index contributed by atoms with van der Waals surface area (Å²) in [7, 11) is 0. The average Bonchev–Trinajstić information content (AvgIpc) is 3.07. The van der Waals surface area contributed by atoms with E-state index in [1.165, 1.54) is 108 Å². The van der Waals surface area contributed by atoms with E-state index in [9.17, 15) is 0 Å². The van der Waals surface area contributed by atoms with Crippen LogP contribution in [0.25, 0.3) is 108 Å². The summed E-state index contributed by atoms with van der Waals surface area (Å²) in [6.45, 7) is 0. The summed E-state index contributed by atoms with van der Waals surface area (Å²) < 4.78 is 0. The molecular formula is C46H26. The highest BCUT2D eigenvalue weighted by atomic mass is 14.1. The van der Waals surface area contributed by atoms with E-state index in [1.54, 1.807) is 0 Å². The molecule has 0 N–H and O–H groups in total. The second kappa shape index (κ2) is 8.81. The van der Waals surface area contributed by atoms with E-state index in [-0.39, 0.29) is 0 Å². The van der Waals surface area contributed by atoms with Gasteiger partial charge in [0.1, 0.15) is 0 Å². The van der Waals surface area contributed by atoms with Gasteiger partial charge >= 0.3 is 0 Å². The predicted octanol–water partition coefficient (Wildman–Crippen LogP) is 13.2. The Kier molecular flexibility index (Phi) is 4.66. The molecular weight excluding hydrogens is 553 g/mol. The molecule has 11 rings (SSSR count). The van der Waals surface area contributed by atoms with Crippen molar-refractivity contribution in [3.05, 3.63) is 158 Å². The molecule has 11 aromatic carbocycles. The zero-order valence-electron chi connectivity index (χ0n) is 25.0. The number of hydrogen-bond acceptors (Lipinski definition) is 0. The third-order valence-corrected chi connectivity index (χ3v) is 10.3. The minimum atomic E-state index is 1.28. The van der Waals surface area contributed by atoms with E-state index in [0.717, 1.165) is 0 Å². The SMILES string of the molecule is c1ccc2cc3cc4cc5cc6cc7cc8cc9cc%10cc%11ccccc%11cc%10cc9cc8cc7cc6cc5cc4cc3cc2c1. The van der Waals surface area contributed by atoms with E-state index in [4.69, 9.17) is 0 Å². The molecule has 0 fully saturated rings. The second-order valence-corrected chi connectivity index (χ2v) is 13.1. The van der Waals surface area contributed by atoms with Gasteiger partial charge in [-0.25, -0.2) is 0 Å². The minimum Gasteiger partial charge on any atom is -0.0616 e. The average molecular weight is 579 g/mol. The van der Waals surface area contributed by atoms with Crippen molar-refractivity contribution in [1.29, 1.82) is 0 Å². The molecule has 0 radical (unpaired) electrons. The van der Waals surface area contributed by atoms with Crippen molar-refractivity contribution in [1.82, 2.24) is 0 Å². The van der Waals surface area contributed by atoms with E-state index in [1.807, 2.05) is 0 Å². The van der Waals surface area contributed by atoms with E-state index in [0.29, 0.717) is 0 Å². The van der Waals surface area contributed by atoms with Crippen LogP contribution in [0, 0.1) is 0 Å². The first-order valence-corrected chi connectivity index (χ1v) is 16.0. The van der Waals surface area contributed by atoms with Gasteiger partial charge in [0.05, 0.1) is 0 Å². The van der Waals surface area contributed by atoms with Gasteiger partial charge in [-0.1, -0.05) is 48.5 Å². The molecule has 0 bridgehead atoms. The van der Waals surface area contributed by atoms with Crippen molar-refractivity contribution >= 4 is 108 Å². The van der Waals surface area contributed by atoms with Gasteiger partial charge in [-0.05, 0) is 217 Å². The smallest absolute Gasteiger partial charge is 0.0171 e. The van der Waals surface area contributed by atoms with Gasteiger partial charge in [-0.3, -0.25) is 0 Å². The molecule has 11 aromatic rings. The molecule has 0 heterocycles. The summed E-state index contributed by atoms with van der Waals surface area (Å²) in [6, 6.07) is 59.6. The Bertz CT molecular complexity index is 2710. The van der Waals surface area contributed by atoms with Crippen LogP contribution >= 0.6 is 0 Å². The Balaban J connectivity index is 1.09. The highest BCUT2D eigenvalue weighted by molar-refractivity contribution is 6.14. The number of benzene rings is 11. The summed E-state index contributed by atoms with van der Waals surface area (Å²) in [5.74, 6) is 0. The van der Waals surface area contributed by atoms with Crippen molar-refractivity contribution in [2.24, 2.45) is 0 Å². The Morgan fingerprint density at radius 3 is 0.370 bits per heavy atom. The lowest BCUT2D eigenvalue weighted by Gasteiger charge is -2.10. The second-order valence-electron chi connectivity index (χ2n) is 13.1. The van der Waals surface area contributed by atoms with Gasteiger partial charge < -0.3 is 0 Å². The lowest BCUT2D eigenvalue weighted by atomic mass is 9.93. The molecule has 0 amide bonds. The Morgan fingerprint density at radius 2 is 0.239 bits per heavy atom. The lowest BCUT2D eigenvalue weighted by Crippen LogP contribution is -1.83. The highest BCUT2D eigenvalue weighted by Crippen LogP contribution is 2.36. The largest absolute Gasteiger partial charge is 0.0616 e. The molecule has 0 aliphatic carbocycles. The fourth-order valence-electron chi connectivity index (χ4n) is 7.90. The maximum atomic E-state index is 2.37. The summed E-state index contributed by atoms with van der Waals surface area (Å²) in [4.78, 5) is 0. The molecule has 0 saturated carbocycles. The van der Waals surface area contributed by atoms with Gasteiger partial charge in [0.15, 0.2) is 0 Å². The molecule has 0 aromatic heterocycles. The first-order valence-electron chi connectivity index (χ1n) is 16.0. The lowest BCUT2D eigenvalue weighted by molar-refractivity contribution is 1.79. The zero-order chi connectivity index (χ0) is 29.9. The molecule has 0 saturated heterocycles. The van der Waals surface area contributed by atoms with E-state index in [2.05, 4.69) is 158 Å². The van der Waals surface area contributed by atoms with E-state index < -0.39 is 0 Å². The molecule has 0 spiro atoms. The molecule has 0 unspecified atom stereocenters. The zero-order valence-corrected chi connectivity index (χ0v) is 25.0. The predicted molar refractivity (Wildman–Crippen MR) is 202 cm³/mol. The van der Waals surface area contributed by atoms with Crippen molar-refractivity contribution in [2.45, 2.75) is 0 Å². The van der Waals surface area contributed by atoms with Crippen molar-refractivity contribution in [2.75, 3.05) is 0 Å². The van der Waals surface area contributed by atoms with Crippen LogP contribution in [0.5, 0.6) is 0 Å². The topological polar surface area (TPSA) is 0 Å². The summed E-state index contributed by atoms with van der Waals surface area (Å²) in [5, 5.41) is 25.7. The molecule has 46 heavy (non-hydrogen) atoms. The molecule has 0 aliphatic rings. The third-order valence-electron chi connectivity index (χ3n) is 10.3. The fourth-order valence-corrected chi connectivity index (χ4v) is 7.90. The van der Waals surface area contributed by atoms with Gasteiger partial charge in [0, 0.05) is 0 Å². The summed E-state index contributed by atoms with van der Waals surface area (Å²) in [6.07, 6.45) is 0. The summed E-state index contributed by atoms with van der Waals surface area (Å²) in [5.41, 5.74) is 0. The number of hydrogen-bond donors (Lipinski definition) is 0. The highest BCUT2D eigenvalue weighted by Gasteiger charge is 2.09. The first kappa shape index (κ1) is 24.4. The van der Waals surface area contributed by atoms with Gasteiger partial charge in [0.25, 0.3) is 0 Å². The molecule has 0 atom stereocenters. The van der Waals surface area contributed by atoms with Crippen LogP contribution in [-0.2, 0) is 0 Å². The first-order chi connectivity index (χ1) is 22.7. The van der Waals surface area contributed by atoms with Crippen LogP contribution in [0.3, 0.4) is 0 Å². The minimum absolute atomic E-state index is 1.28. The maximum Gasteiger partial charge on any atom is -0.0171 e. The number of rotatable bonds is 0. The van der Waals surface area contributed by atoms with Gasteiger partial charge in [-0.15, -0.1) is 0 Å². The van der Waals surface area contributed by atoms with Crippen LogP contribution in [-0.4, -0.2) is 0 Å². The van der Waals surface area contributed by atoms with Gasteiger partial charge in [0.2, 0.25) is 0 Å². The Hall–Kier alpha value is -5.98. The molecule has 210 valence electrons. The van der Waals surface area contributed by atoms with Gasteiger partial charge in [-0.2, -0.15) is 0 Å². The maximum absolute atomic E-state index is 2.37. The fraction of sp³-hybridized carbons (Fsp3) is 0. The third kappa shape index (κ3) is 3.62. The molecule has 0 heteroatoms. The monoisotopic (exact) mass is 578 g/mol. The Labute approximate surface area is 264 Å². The summed E-state index contributed by atoms with van der Waals surface area (Å²) >= 11 is 0. The van der Waals surface area contributed by atoms with Crippen LogP contribution in [0.15, 0.2) is 158 Å². The van der Waals surface area contributed by atoms with Crippen molar-refractivity contribution in [3.8, 4) is 0 Å². The van der Waals surface area contributed by atoms with Crippen LogP contribution < -0.4 is 0 Å². The normalized spacial score (nSPS) is 12.3. The van der Waals surface area contributed by atoms with E-state index >= 15 is 0 Å². The van der Waals surface area contributed by atoms with Crippen molar-refractivity contribution < 1.29 is 0 Å².